The first-order valence-corrected chi connectivity index (χ1v) is 7.60. The zero-order valence-electron chi connectivity index (χ0n) is 13.2. The molecule has 0 aliphatic heterocycles. The summed E-state index contributed by atoms with van der Waals surface area (Å²) in [5.41, 5.74) is 2.36. The fraction of sp³-hybridized carbons (Fsp3) is 0. The average molecular weight is 327 g/mol. The molecule has 3 aromatic carbocycles. The summed E-state index contributed by atoms with van der Waals surface area (Å²) in [6.07, 6.45) is 0. The van der Waals surface area contributed by atoms with Crippen LogP contribution in [0.1, 0.15) is 27.0 Å². The number of hydrogen-bond donors (Lipinski definition) is 0. The fourth-order valence-corrected chi connectivity index (χ4v) is 2.30. The zero-order valence-corrected chi connectivity index (χ0v) is 13.2. The fourth-order valence-electron chi connectivity index (χ4n) is 2.30. The van der Waals surface area contributed by atoms with Crippen molar-refractivity contribution >= 4 is 11.5 Å². The first-order chi connectivity index (χ1) is 12.1. The Bertz CT molecular complexity index is 981. The Morgan fingerprint density at radius 3 is 2.04 bits per heavy atom. The Kier molecular flexibility index (Phi) is 4.68. The molecule has 25 heavy (non-hydrogen) atoms. The SMILES string of the molecule is O=C(c1ccc(C#Cc2ccccc2)cc1)c1cccc([N+](=O)[O-])c1. The van der Waals surface area contributed by atoms with Gasteiger partial charge in [0, 0.05) is 34.4 Å². The lowest BCUT2D eigenvalue weighted by molar-refractivity contribution is -0.384. The van der Waals surface area contributed by atoms with Gasteiger partial charge in [-0.15, -0.1) is 0 Å². The molecule has 0 saturated heterocycles. The maximum Gasteiger partial charge on any atom is 0.270 e. The highest BCUT2D eigenvalue weighted by molar-refractivity contribution is 6.09. The number of benzene rings is 3. The van der Waals surface area contributed by atoms with E-state index in [0.717, 1.165) is 11.1 Å². The van der Waals surface area contributed by atoms with Gasteiger partial charge >= 0.3 is 0 Å². The van der Waals surface area contributed by atoms with Gasteiger partial charge in [0.25, 0.3) is 5.69 Å². The second-order valence-corrected chi connectivity index (χ2v) is 5.33. The number of rotatable bonds is 3. The van der Waals surface area contributed by atoms with E-state index in [1.165, 1.54) is 18.2 Å². The third kappa shape index (κ3) is 3.98. The lowest BCUT2D eigenvalue weighted by atomic mass is 10.0. The molecule has 4 heteroatoms. The number of nitro groups is 1. The minimum absolute atomic E-state index is 0.101. The van der Waals surface area contributed by atoms with E-state index in [2.05, 4.69) is 11.8 Å². The third-order valence-electron chi connectivity index (χ3n) is 3.59. The van der Waals surface area contributed by atoms with Crippen molar-refractivity contribution < 1.29 is 9.72 Å². The number of hydrogen-bond acceptors (Lipinski definition) is 3. The van der Waals surface area contributed by atoms with Crippen molar-refractivity contribution in [1.82, 2.24) is 0 Å². The molecular weight excluding hydrogens is 314 g/mol. The third-order valence-corrected chi connectivity index (χ3v) is 3.59. The standard InChI is InChI=1S/C21H13NO3/c23-21(19-7-4-8-20(15-19)22(24)25)18-13-11-17(12-14-18)10-9-16-5-2-1-3-6-16/h1-8,11-15H. The van der Waals surface area contributed by atoms with Crippen molar-refractivity contribution in [1.29, 1.82) is 0 Å². The number of nitrogens with zero attached hydrogens (tertiary/aromatic N) is 1. The molecular formula is C21H13NO3. The van der Waals surface area contributed by atoms with Crippen LogP contribution in [0.15, 0.2) is 78.9 Å². The number of carbonyl (C=O) groups is 1. The molecule has 0 heterocycles. The van der Waals surface area contributed by atoms with Crippen LogP contribution < -0.4 is 0 Å². The van der Waals surface area contributed by atoms with E-state index in [4.69, 9.17) is 0 Å². The van der Waals surface area contributed by atoms with E-state index in [-0.39, 0.29) is 17.0 Å². The zero-order chi connectivity index (χ0) is 17.6. The van der Waals surface area contributed by atoms with Crippen LogP contribution >= 0.6 is 0 Å². The largest absolute Gasteiger partial charge is 0.289 e. The highest BCUT2D eigenvalue weighted by atomic mass is 16.6. The highest BCUT2D eigenvalue weighted by Gasteiger charge is 2.13. The summed E-state index contributed by atoms with van der Waals surface area (Å²) in [5, 5.41) is 10.8. The molecule has 0 atom stereocenters. The van der Waals surface area contributed by atoms with Gasteiger partial charge in [0.15, 0.2) is 5.78 Å². The summed E-state index contributed by atoms with van der Waals surface area (Å²) < 4.78 is 0. The van der Waals surface area contributed by atoms with E-state index in [9.17, 15) is 14.9 Å². The molecule has 0 bridgehead atoms. The van der Waals surface area contributed by atoms with Gasteiger partial charge in [0.2, 0.25) is 0 Å². The molecule has 0 aliphatic carbocycles. The summed E-state index contributed by atoms with van der Waals surface area (Å²) in [4.78, 5) is 22.8. The minimum Gasteiger partial charge on any atom is -0.289 e. The van der Waals surface area contributed by atoms with Crippen molar-refractivity contribution in [2.45, 2.75) is 0 Å². The smallest absolute Gasteiger partial charge is 0.270 e. The molecule has 0 aliphatic rings. The van der Waals surface area contributed by atoms with Crippen LogP contribution in [0.25, 0.3) is 0 Å². The summed E-state index contributed by atoms with van der Waals surface area (Å²) in [6.45, 7) is 0. The molecule has 3 rings (SSSR count). The predicted molar refractivity (Wildman–Crippen MR) is 95.4 cm³/mol. The second kappa shape index (κ2) is 7.24. The van der Waals surface area contributed by atoms with Gasteiger partial charge in [-0.3, -0.25) is 14.9 Å². The van der Waals surface area contributed by atoms with Gasteiger partial charge in [-0.2, -0.15) is 0 Å². The van der Waals surface area contributed by atoms with Crippen molar-refractivity contribution in [3.05, 3.63) is 111 Å². The van der Waals surface area contributed by atoms with Crippen molar-refractivity contribution in [3.8, 4) is 11.8 Å². The molecule has 0 N–H and O–H groups in total. The normalized spacial score (nSPS) is 9.76. The van der Waals surface area contributed by atoms with Gasteiger partial charge < -0.3 is 0 Å². The van der Waals surface area contributed by atoms with Gasteiger partial charge in [0.05, 0.1) is 4.92 Å². The summed E-state index contributed by atoms with van der Waals surface area (Å²) in [7, 11) is 0. The monoisotopic (exact) mass is 327 g/mol. The van der Waals surface area contributed by atoms with Crippen molar-refractivity contribution in [2.24, 2.45) is 0 Å². The van der Waals surface area contributed by atoms with Crippen LogP contribution in [0.2, 0.25) is 0 Å². The van der Waals surface area contributed by atoms with Crippen LogP contribution in [0, 0.1) is 22.0 Å². The first-order valence-electron chi connectivity index (χ1n) is 7.60. The molecule has 4 nitrogen and oxygen atoms in total. The van der Waals surface area contributed by atoms with E-state index >= 15 is 0 Å². The Balaban J connectivity index is 1.81. The van der Waals surface area contributed by atoms with Crippen LogP contribution in [0.3, 0.4) is 0 Å². The Labute approximate surface area is 144 Å². The lowest BCUT2D eigenvalue weighted by Crippen LogP contribution is -2.02. The van der Waals surface area contributed by atoms with Gasteiger partial charge in [0.1, 0.15) is 0 Å². The summed E-state index contributed by atoms with van der Waals surface area (Å²) >= 11 is 0. The molecule has 120 valence electrons. The van der Waals surface area contributed by atoms with E-state index in [1.807, 2.05) is 30.3 Å². The molecule has 0 unspecified atom stereocenters. The van der Waals surface area contributed by atoms with Gasteiger partial charge in [-0.05, 0) is 36.4 Å². The maximum atomic E-state index is 12.5. The van der Waals surface area contributed by atoms with Crippen molar-refractivity contribution in [3.63, 3.8) is 0 Å². The Hall–Kier alpha value is -3.71. The average Bonchev–Trinajstić information content (AvgIpc) is 2.67. The van der Waals surface area contributed by atoms with Crippen LogP contribution in [-0.4, -0.2) is 10.7 Å². The molecule has 3 aromatic rings. The maximum absolute atomic E-state index is 12.5. The quantitative estimate of drug-likeness (QED) is 0.313. The van der Waals surface area contributed by atoms with E-state index in [0.29, 0.717) is 5.56 Å². The van der Waals surface area contributed by atoms with E-state index in [1.54, 1.807) is 30.3 Å². The molecule has 0 amide bonds. The number of nitro benzene ring substituents is 1. The Morgan fingerprint density at radius 2 is 1.40 bits per heavy atom. The van der Waals surface area contributed by atoms with Gasteiger partial charge in [-0.1, -0.05) is 42.2 Å². The van der Waals surface area contributed by atoms with Gasteiger partial charge in [-0.25, -0.2) is 0 Å². The van der Waals surface area contributed by atoms with Crippen LogP contribution in [0.4, 0.5) is 5.69 Å². The molecule has 0 saturated carbocycles. The highest BCUT2D eigenvalue weighted by Crippen LogP contribution is 2.17. The lowest BCUT2D eigenvalue weighted by Gasteiger charge is -2.01. The van der Waals surface area contributed by atoms with Crippen LogP contribution in [-0.2, 0) is 0 Å². The number of ketones is 1. The molecule has 0 fully saturated rings. The number of non-ortho nitro benzene ring substituents is 1. The summed E-state index contributed by atoms with van der Waals surface area (Å²) in [6, 6.07) is 22.2. The summed E-state index contributed by atoms with van der Waals surface area (Å²) in [5.74, 6) is 5.83. The van der Waals surface area contributed by atoms with Crippen LogP contribution in [0.5, 0.6) is 0 Å². The van der Waals surface area contributed by atoms with Crippen molar-refractivity contribution in [2.75, 3.05) is 0 Å². The number of carbonyl (C=O) groups excluding carboxylic acids is 1. The van der Waals surface area contributed by atoms with E-state index < -0.39 is 4.92 Å². The molecule has 0 aromatic heterocycles. The first kappa shape index (κ1) is 16.2. The second-order valence-electron chi connectivity index (χ2n) is 5.33. The minimum atomic E-state index is -0.515. The molecule has 0 radical (unpaired) electrons. The topological polar surface area (TPSA) is 60.2 Å². The molecule has 0 spiro atoms. The Morgan fingerprint density at radius 1 is 0.760 bits per heavy atom. The predicted octanol–water partition coefficient (Wildman–Crippen LogP) is 4.23.